The highest BCUT2D eigenvalue weighted by Gasteiger charge is 2.63. The van der Waals surface area contributed by atoms with Crippen molar-refractivity contribution in [1.82, 2.24) is 15.5 Å². The monoisotopic (exact) mass is 804 g/mol. The van der Waals surface area contributed by atoms with Crippen LogP contribution in [0.5, 0.6) is 0 Å². The first-order valence-electron chi connectivity index (χ1n) is 20.5. The predicted molar refractivity (Wildman–Crippen MR) is 200 cm³/mol. The smallest absolute Gasteiger partial charge is 0.253 e. The number of aliphatic hydroxyl groups excluding tert-OH is 4. The van der Waals surface area contributed by atoms with Crippen molar-refractivity contribution in [2.75, 3.05) is 33.9 Å². The molecule has 18 atom stereocenters. The minimum Gasteiger partial charge on any atom is -0.394 e. The standard InChI is InChI=1S/C39H60N6O12/c1-42-38(41)44-23-5-3-4-18-10-21-31(33(50)29(18)23)34(51)30-22(32(21)49)12-20(55-2)13-24(30)56-37-35(52)36(53)39(54,25(16-46)57-37)14-19(17-8-9-43-26(40)11-17)15-45-27(47)6-7-28(45)48/h6-7,17-26,29-31,33,35-37,43,46,50,52-54H,3-5,8-16,40H2,1-2H3,(H3,41,42,44)/t17?,18?,19-,20?,21?,22?,23?,24?,25-,26?,29?,30?,31?,33?,35-,36-,37+,39-/m1/s1. The lowest BCUT2D eigenvalue weighted by molar-refractivity contribution is -0.348. The molecule has 0 bridgehead atoms. The molecule has 4 aliphatic carbocycles. The Hall–Kier alpha value is -2.91. The molecular formula is C39H60N6O12. The molecule has 0 aromatic rings. The Labute approximate surface area is 331 Å². The first kappa shape index (κ1) is 42.2. The number of nitrogens with zero attached hydrogens (tertiary/aromatic N) is 2. The molecule has 2 saturated heterocycles. The van der Waals surface area contributed by atoms with Crippen molar-refractivity contribution in [2.24, 2.45) is 63.8 Å². The number of aliphatic hydroxyl groups is 5. The highest BCUT2D eigenvalue weighted by Crippen LogP contribution is 2.53. The van der Waals surface area contributed by atoms with Crippen LogP contribution in [0.4, 0.5) is 0 Å². The van der Waals surface area contributed by atoms with Crippen LogP contribution in [0, 0.1) is 47.3 Å². The summed E-state index contributed by atoms with van der Waals surface area (Å²) in [6, 6.07) is -0.235. The molecule has 3 aliphatic heterocycles. The number of piperidine rings is 1. The van der Waals surface area contributed by atoms with E-state index >= 15 is 0 Å². The molecule has 3 heterocycles. The van der Waals surface area contributed by atoms with E-state index in [0.29, 0.717) is 25.8 Å². The quantitative estimate of drug-likeness (QED) is 0.0616. The van der Waals surface area contributed by atoms with Gasteiger partial charge in [0, 0.05) is 63.1 Å². The van der Waals surface area contributed by atoms with Gasteiger partial charge in [-0.15, -0.1) is 0 Å². The van der Waals surface area contributed by atoms with Crippen molar-refractivity contribution < 1.29 is 58.9 Å². The van der Waals surface area contributed by atoms with Gasteiger partial charge in [-0.05, 0) is 69.2 Å². The number of hydrogen-bond donors (Lipinski definition) is 9. The van der Waals surface area contributed by atoms with Gasteiger partial charge in [0.25, 0.3) is 11.8 Å². The fourth-order valence-electron chi connectivity index (χ4n) is 11.6. The minimum atomic E-state index is -2.28. The Morgan fingerprint density at radius 3 is 2.42 bits per heavy atom. The maximum Gasteiger partial charge on any atom is 0.253 e. The summed E-state index contributed by atoms with van der Waals surface area (Å²) in [7, 11) is 3.06. The maximum absolute atomic E-state index is 14.7. The number of carbonyl (C=O) groups is 4. The van der Waals surface area contributed by atoms with E-state index in [9.17, 15) is 44.7 Å². The zero-order valence-corrected chi connectivity index (χ0v) is 32.6. The molecule has 7 aliphatic rings. The first-order valence-corrected chi connectivity index (χ1v) is 20.5. The van der Waals surface area contributed by atoms with Crippen molar-refractivity contribution in [3.8, 4) is 0 Å². The van der Waals surface area contributed by atoms with Gasteiger partial charge < -0.3 is 61.8 Å². The summed E-state index contributed by atoms with van der Waals surface area (Å²) in [5.74, 6) is -5.90. The number of ketones is 2. The summed E-state index contributed by atoms with van der Waals surface area (Å²) in [6.07, 6.45) is -3.77. The number of carbonyl (C=O) groups excluding carboxylic acids is 4. The first-order chi connectivity index (χ1) is 27.2. The Bertz CT molecular complexity index is 1580. The number of Topliss-reactive ketones (excluding diaryl/α,β-unsaturated/α-hetero) is 2. The van der Waals surface area contributed by atoms with E-state index in [1.165, 1.54) is 7.11 Å². The molecule has 4 saturated carbocycles. The number of aliphatic imine (C=N–C) groups is 1. The van der Waals surface area contributed by atoms with E-state index in [-0.39, 0.29) is 73.3 Å². The van der Waals surface area contributed by atoms with Crippen LogP contribution in [0.15, 0.2) is 17.1 Å². The van der Waals surface area contributed by atoms with Crippen LogP contribution in [0.1, 0.15) is 57.8 Å². The van der Waals surface area contributed by atoms with E-state index in [1.807, 2.05) is 0 Å². The Balaban J connectivity index is 1.12. The highest BCUT2D eigenvalue weighted by molar-refractivity contribution is 6.12. The number of guanidine groups is 1. The normalized spacial score (nSPS) is 45.7. The summed E-state index contributed by atoms with van der Waals surface area (Å²) in [4.78, 5) is 59.4. The lowest BCUT2D eigenvalue weighted by Crippen LogP contribution is -2.69. The minimum absolute atomic E-state index is 0.000131. The van der Waals surface area contributed by atoms with Crippen LogP contribution in [0.25, 0.3) is 0 Å². The fraction of sp³-hybridized carbons (Fsp3) is 0.821. The topological polar surface area (TPSA) is 289 Å². The van der Waals surface area contributed by atoms with Crippen molar-refractivity contribution in [3.63, 3.8) is 0 Å². The second-order valence-electron chi connectivity index (χ2n) is 17.5. The zero-order chi connectivity index (χ0) is 40.9. The van der Waals surface area contributed by atoms with E-state index in [1.54, 1.807) is 7.05 Å². The molecule has 18 nitrogen and oxygen atoms in total. The molecule has 18 heteroatoms. The second-order valence-corrected chi connectivity index (χ2v) is 17.5. The summed E-state index contributed by atoms with van der Waals surface area (Å²) >= 11 is 0. The molecule has 0 spiro atoms. The summed E-state index contributed by atoms with van der Waals surface area (Å²) in [5.41, 5.74) is 9.95. The summed E-state index contributed by atoms with van der Waals surface area (Å²) in [5, 5.41) is 64.5. The van der Waals surface area contributed by atoms with Crippen molar-refractivity contribution in [1.29, 1.82) is 0 Å². The van der Waals surface area contributed by atoms with E-state index < -0.39 is 96.5 Å². The third kappa shape index (κ3) is 7.82. The van der Waals surface area contributed by atoms with Gasteiger partial charge in [-0.3, -0.25) is 29.1 Å². The predicted octanol–water partition coefficient (Wildman–Crippen LogP) is -2.73. The summed E-state index contributed by atoms with van der Waals surface area (Å²) in [6.45, 7) is -0.372. The van der Waals surface area contributed by atoms with Gasteiger partial charge in [-0.2, -0.15) is 0 Å². The number of fused-ring (bicyclic) bond motifs is 3. The number of nitrogens with two attached hydrogens (primary N) is 2. The summed E-state index contributed by atoms with van der Waals surface area (Å²) < 4.78 is 18.2. The van der Waals surface area contributed by atoms with Crippen molar-refractivity contribution >= 4 is 29.3 Å². The van der Waals surface area contributed by atoms with Gasteiger partial charge in [0.1, 0.15) is 35.5 Å². The number of ether oxygens (including phenoxy) is 3. The fourth-order valence-corrected chi connectivity index (χ4v) is 11.6. The zero-order valence-electron chi connectivity index (χ0n) is 32.6. The third-order valence-corrected chi connectivity index (χ3v) is 14.5. The van der Waals surface area contributed by atoms with Gasteiger partial charge in [0.15, 0.2) is 12.2 Å². The molecule has 0 radical (unpaired) electrons. The molecule has 6 fully saturated rings. The maximum atomic E-state index is 14.7. The number of methoxy groups -OCH3 is 1. The van der Waals surface area contributed by atoms with Crippen molar-refractivity contribution in [2.45, 2.75) is 119 Å². The average molecular weight is 805 g/mol. The SMILES string of the molecule is CN=C(N)NC1CCCC2CC3C(=O)C4CC(OC)CC(O[C@H]5O[C@H](CO)[C@](O)(C[C@H](CN6C(=O)C=CC6=O)C6CCNC(N)C6)[C@H](O)[C@H]5O)C4C(=O)C3C(O)C21. The van der Waals surface area contributed by atoms with Gasteiger partial charge in [-0.25, -0.2) is 0 Å². The molecule has 11 N–H and O–H groups in total. The van der Waals surface area contributed by atoms with Crippen LogP contribution in [0.2, 0.25) is 0 Å². The number of rotatable bonds is 10. The van der Waals surface area contributed by atoms with E-state index in [4.69, 9.17) is 25.7 Å². The molecular weight excluding hydrogens is 744 g/mol. The molecule has 0 aromatic carbocycles. The van der Waals surface area contributed by atoms with Gasteiger partial charge in [-0.1, -0.05) is 6.42 Å². The molecule has 2 amide bonds. The van der Waals surface area contributed by atoms with Gasteiger partial charge in [0.05, 0.1) is 42.9 Å². The molecule has 57 heavy (non-hydrogen) atoms. The molecule has 7 rings (SSSR count). The van der Waals surface area contributed by atoms with Crippen LogP contribution < -0.4 is 22.1 Å². The number of hydrogen-bond acceptors (Lipinski definition) is 15. The van der Waals surface area contributed by atoms with Gasteiger partial charge in [0.2, 0.25) is 0 Å². The highest BCUT2D eigenvalue weighted by atomic mass is 16.7. The Morgan fingerprint density at radius 1 is 1.04 bits per heavy atom. The molecule has 12 unspecified atom stereocenters. The third-order valence-electron chi connectivity index (χ3n) is 14.5. The van der Waals surface area contributed by atoms with E-state index in [2.05, 4.69) is 15.6 Å². The Morgan fingerprint density at radius 2 is 1.75 bits per heavy atom. The Kier molecular flexibility index (Phi) is 12.6. The average Bonchev–Trinajstić information content (AvgIpc) is 3.51. The van der Waals surface area contributed by atoms with Crippen LogP contribution in [0.3, 0.4) is 0 Å². The van der Waals surface area contributed by atoms with E-state index in [0.717, 1.165) is 36.3 Å². The number of amides is 2. The second kappa shape index (κ2) is 17.0. The number of nitrogens with one attached hydrogen (secondary N) is 2. The lowest BCUT2D eigenvalue weighted by atomic mass is 9.51. The van der Waals surface area contributed by atoms with Crippen molar-refractivity contribution in [3.05, 3.63) is 12.2 Å². The lowest BCUT2D eigenvalue weighted by Gasteiger charge is -2.55. The molecule has 318 valence electrons. The van der Waals surface area contributed by atoms with Crippen LogP contribution >= 0.6 is 0 Å². The largest absolute Gasteiger partial charge is 0.394 e. The van der Waals surface area contributed by atoms with Gasteiger partial charge >= 0.3 is 0 Å². The number of imide groups is 1. The molecule has 0 aromatic heterocycles. The van der Waals surface area contributed by atoms with Crippen LogP contribution in [-0.2, 0) is 33.4 Å². The van der Waals surface area contributed by atoms with Crippen LogP contribution in [-0.4, -0.2) is 154 Å².